The average molecular weight is 623 g/mol. The third-order valence-corrected chi connectivity index (χ3v) is 8.06. The van der Waals surface area contributed by atoms with Crippen LogP contribution in [-0.4, -0.2) is 23.1 Å². The molecule has 3 aromatic heterocycles. The van der Waals surface area contributed by atoms with Gasteiger partial charge in [0.25, 0.3) is 5.78 Å². The lowest BCUT2D eigenvalue weighted by Gasteiger charge is -2.11. The fourth-order valence-electron chi connectivity index (χ4n) is 4.57. The van der Waals surface area contributed by atoms with Crippen molar-refractivity contribution in [1.29, 1.82) is 0 Å². The number of halogens is 4. The molecule has 8 nitrogen and oxygen atoms in total. The first-order chi connectivity index (χ1) is 20.5. The van der Waals surface area contributed by atoms with Crippen LogP contribution in [0.4, 0.5) is 18.9 Å². The zero-order valence-electron chi connectivity index (χ0n) is 22.0. The molecule has 0 unspecified atom stereocenters. The number of alkyl halides is 3. The number of carbonyl (C=O) groups excluding carboxylic acids is 1. The van der Waals surface area contributed by atoms with Crippen LogP contribution < -0.4 is 20.3 Å². The first kappa shape index (κ1) is 28.2. The molecule has 3 heterocycles. The minimum Gasteiger partial charge on any atom is -0.539 e. The molecule has 43 heavy (non-hydrogen) atoms. The topological polar surface area (TPSA) is 118 Å². The summed E-state index contributed by atoms with van der Waals surface area (Å²) in [5.74, 6) is -1.18. The maximum absolute atomic E-state index is 13.8. The van der Waals surface area contributed by atoms with Crippen molar-refractivity contribution in [2.45, 2.75) is 6.18 Å². The Labute approximate surface area is 250 Å². The summed E-state index contributed by atoms with van der Waals surface area (Å²) in [6.07, 6.45) is -4.52. The van der Waals surface area contributed by atoms with E-state index in [4.69, 9.17) is 31.6 Å². The highest BCUT2D eigenvalue weighted by Crippen LogP contribution is 2.43. The highest BCUT2D eigenvalue weighted by atomic mass is 35.5. The minimum atomic E-state index is -4.52. The van der Waals surface area contributed by atoms with Gasteiger partial charge in [-0.3, -0.25) is 4.79 Å². The molecule has 0 spiro atoms. The van der Waals surface area contributed by atoms with Gasteiger partial charge < -0.3 is 20.1 Å². The quantitative estimate of drug-likeness (QED) is 0.167. The van der Waals surface area contributed by atoms with Crippen molar-refractivity contribution < 1.29 is 37.0 Å². The van der Waals surface area contributed by atoms with Gasteiger partial charge in [-0.25, -0.2) is 4.98 Å². The van der Waals surface area contributed by atoms with E-state index < -0.39 is 29.2 Å². The van der Waals surface area contributed by atoms with Crippen LogP contribution in [0.3, 0.4) is 0 Å². The van der Waals surface area contributed by atoms with Crippen molar-refractivity contribution in [3.05, 3.63) is 100 Å². The second-order valence-electron chi connectivity index (χ2n) is 9.31. The largest absolute Gasteiger partial charge is 0.539 e. The maximum Gasteiger partial charge on any atom is 0.416 e. The normalized spacial score (nSPS) is 11.7. The molecule has 0 bridgehead atoms. The molecule has 0 saturated carbocycles. The van der Waals surface area contributed by atoms with Crippen molar-refractivity contribution >= 4 is 44.6 Å². The van der Waals surface area contributed by atoms with Gasteiger partial charge in [0.2, 0.25) is 5.69 Å². The van der Waals surface area contributed by atoms with Gasteiger partial charge in [0, 0.05) is 28.1 Å². The molecule has 0 amide bonds. The number of carbonyl (C=O) groups is 1. The molecule has 0 fully saturated rings. The van der Waals surface area contributed by atoms with Crippen LogP contribution in [0.15, 0.2) is 83.4 Å². The van der Waals surface area contributed by atoms with E-state index in [1.54, 1.807) is 54.6 Å². The molecule has 3 aromatic carbocycles. The number of rotatable bonds is 6. The number of aromatic nitrogens is 3. The predicted molar refractivity (Wildman–Crippen MR) is 152 cm³/mol. The van der Waals surface area contributed by atoms with E-state index >= 15 is 0 Å². The smallest absolute Gasteiger partial charge is 0.416 e. The Morgan fingerprint density at radius 2 is 1.67 bits per heavy atom. The molecule has 6 aromatic rings. The van der Waals surface area contributed by atoms with E-state index in [-0.39, 0.29) is 10.6 Å². The number of pyridine rings is 1. The number of nitrogen functional groups attached to an aromatic ring is 1. The molecular formula is C30H18ClF3N4O4S. The van der Waals surface area contributed by atoms with E-state index in [2.05, 4.69) is 5.27 Å². The zero-order chi connectivity index (χ0) is 30.5. The van der Waals surface area contributed by atoms with Crippen LogP contribution in [0.1, 0.15) is 20.9 Å². The van der Waals surface area contributed by atoms with Gasteiger partial charge in [-0.2, -0.15) is 13.2 Å². The fourth-order valence-corrected chi connectivity index (χ4v) is 5.76. The number of thiophene rings is 1. The summed E-state index contributed by atoms with van der Waals surface area (Å²) >= 11 is 7.00. The fraction of sp³-hybridized carbons (Fsp3) is 0.0667. The lowest BCUT2D eigenvalue weighted by molar-refractivity contribution is -0.672. The van der Waals surface area contributed by atoms with Crippen molar-refractivity contribution in [2.24, 2.45) is 0 Å². The van der Waals surface area contributed by atoms with E-state index in [1.807, 2.05) is 0 Å². The van der Waals surface area contributed by atoms with Gasteiger partial charge in [-0.05, 0) is 58.3 Å². The number of nitrogens with zero attached hydrogens (tertiary/aromatic N) is 3. The van der Waals surface area contributed by atoms with Crippen molar-refractivity contribution in [2.75, 3.05) is 12.8 Å². The number of nitrogens with two attached hydrogens (primary N) is 1. The van der Waals surface area contributed by atoms with E-state index in [0.717, 1.165) is 28.2 Å². The third-order valence-electron chi connectivity index (χ3n) is 6.71. The predicted octanol–water partition coefficient (Wildman–Crippen LogP) is 6.46. The van der Waals surface area contributed by atoms with Crippen LogP contribution in [0, 0.1) is 0 Å². The van der Waals surface area contributed by atoms with Crippen molar-refractivity contribution in [3.8, 4) is 39.8 Å². The van der Waals surface area contributed by atoms with Gasteiger partial charge in [0.05, 0.1) is 29.3 Å². The summed E-state index contributed by atoms with van der Waals surface area (Å²) in [6.45, 7) is 0. The Morgan fingerprint density at radius 3 is 2.30 bits per heavy atom. The Balaban J connectivity index is 1.53. The van der Waals surface area contributed by atoms with Crippen molar-refractivity contribution in [1.82, 2.24) is 10.3 Å². The summed E-state index contributed by atoms with van der Waals surface area (Å²) in [7, 11) is 1.50. The average Bonchev–Trinajstić information content (AvgIpc) is 3.56. The number of ketones is 1. The van der Waals surface area contributed by atoms with Gasteiger partial charge in [0.15, 0.2) is 5.95 Å². The molecule has 0 aliphatic rings. The Hall–Kier alpha value is -4.94. The first-order valence-electron chi connectivity index (χ1n) is 12.5. The molecule has 0 aliphatic carbocycles. The SMILES string of the molecule is COc1ccc(-[n+]2noc([O-])c2C(=O)c2sc3nc(-c4ccc(Cl)cc4)cc(-c4ccc(C(F)(F)F)cc4)c3c2N)cc1. The Kier molecular flexibility index (Phi) is 7.03. The van der Waals surface area contributed by atoms with Gasteiger partial charge >= 0.3 is 11.9 Å². The second-order valence-corrected chi connectivity index (χ2v) is 10.7. The lowest BCUT2D eigenvalue weighted by atomic mass is 9.98. The monoisotopic (exact) mass is 622 g/mol. The Bertz CT molecular complexity index is 1990. The molecule has 13 heteroatoms. The second kappa shape index (κ2) is 10.7. The molecule has 0 radical (unpaired) electrons. The number of anilines is 1. The Morgan fingerprint density at radius 1 is 1.02 bits per heavy atom. The summed E-state index contributed by atoms with van der Waals surface area (Å²) in [6, 6.07) is 19.6. The molecular weight excluding hydrogens is 605 g/mol. The summed E-state index contributed by atoms with van der Waals surface area (Å²) in [5, 5.41) is 17.3. The number of hydrogen-bond donors (Lipinski definition) is 1. The van der Waals surface area contributed by atoms with Crippen LogP contribution in [0.2, 0.25) is 5.02 Å². The van der Waals surface area contributed by atoms with E-state index in [1.165, 1.54) is 19.2 Å². The number of fused-ring (bicyclic) bond motifs is 1. The number of hydrogen-bond acceptors (Lipinski definition) is 8. The van der Waals surface area contributed by atoms with Crippen LogP contribution >= 0.6 is 22.9 Å². The number of benzene rings is 3. The minimum absolute atomic E-state index is 0.00789. The van der Waals surface area contributed by atoms with Gasteiger partial charge in [0.1, 0.15) is 15.5 Å². The lowest BCUT2D eigenvalue weighted by Crippen LogP contribution is -2.39. The molecule has 216 valence electrons. The van der Waals surface area contributed by atoms with Gasteiger partial charge in [-0.1, -0.05) is 35.9 Å². The van der Waals surface area contributed by atoms with Crippen molar-refractivity contribution in [3.63, 3.8) is 0 Å². The molecule has 0 saturated heterocycles. The summed E-state index contributed by atoms with van der Waals surface area (Å²) in [4.78, 5) is 18.9. The summed E-state index contributed by atoms with van der Waals surface area (Å²) < 4.78 is 50.9. The van der Waals surface area contributed by atoms with E-state index in [0.29, 0.717) is 49.1 Å². The standard InChI is InChI=1S/C30H18ClF3N4O4S/c1-41-20-12-10-19(11-13-20)38-25(29(40)42-37-38)26(39)27-24(35)23-21(15-2-6-17(7-3-15)30(32,33)34)14-22(36-28(23)43-27)16-4-8-18(31)9-5-16/h2-14H,1H3,(H2-,35,37,39,40). The molecule has 0 atom stereocenters. The molecule has 0 aliphatic heterocycles. The van der Waals surface area contributed by atoms with Crippen LogP contribution in [0.5, 0.6) is 11.7 Å². The first-order valence-corrected chi connectivity index (χ1v) is 13.7. The molecule has 2 N–H and O–H groups in total. The van der Waals surface area contributed by atoms with E-state index in [9.17, 15) is 23.1 Å². The van der Waals surface area contributed by atoms with Crippen LogP contribution in [-0.2, 0) is 6.18 Å². The zero-order valence-corrected chi connectivity index (χ0v) is 23.6. The van der Waals surface area contributed by atoms with Gasteiger partial charge in [-0.15, -0.1) is 11.3 Å². The van der Waals surface area contributed by atoms with Crippen LogP contribution in [0.25, 0.3) is 38.3 Å². The maximum atomic E-state index is 13.8. The highest BCUT2D eigenvalue weighted by Gasteiger charge is 2.33. The molecule has 6 rings (SSSR count). The summed E-state index contributed by atoms with van der Waals surface area (Å²) in [5.41, 5.74) is 7.73. The number of methoxy groups -OCH3 is 1. The highest BCUT2D eigenvalue weighted by molar-refractivity contribution is 7.21. The third kappa shape index (κ3) is 5.15. The number of ether oxygens (including phenoxy) is 1.